The van der Waals surface area contributed by atoms with Gasteiger partial charge in [0.25, 0.3) is 0 Å². The lowest BCUT2D eigenvalue weighted by molar-refractivity contribution is 0.827. The van der Waals surface area contributed by atoms with Gasteiger partial charge in [-0.25, -0.2) is 4.99 Å². The lowest BCUT2D eigenvalue weighted by atomic mass is 10.1. The Morgan fingerprint density at radius 1 is 1.26 bits per heavy atom. The number of rotatable bonds is 6. The highest BCUT2D eigenvalue weighted by Crippen LogP contribution is 2.17. The molecular formula is C18H25N5. The number of anilines is 1. The van der Waals surface area contributed by atoms with Crippen LogP contribution in [-0.2, 0) is 13.0 Å². The van der Waals surface area contributed by atoms with E-state index in [0.717, 1.165) is 18.7 Å². The molecule has 0 fully saturated rings. The van der Waals surface area contributed by atoms with Crippen LogP contribution in [0.4, 0.5) is 5.69 Å². The Balaban J connectivity index is 1.84. The number of aryl methyl sites for hydroxylation is 1. The Bertz CT molecular complexity index is 650. The molecule has 5 nitrogen and oxygen atoms in total. The first-order valence-electron chi connectivity index (χ1n) is 7.77. The second kappa shape index (κ2) is 8.17. The van der Waals surface area contributed by atoms with Crippen molar-refractivity contribution in [1.29, 1.82) is 0 Å². The molecule has 0 amide bonds. The van der Waals surface area contributed by atoms with Crippen molar-refractivity contribution in [3.63, 3.8) is 0 Å². The topological polar surface area (TPSA) is 66.5 Å². The first-order chi connectivity index (χ1) is 11.1. The molecule has 0 bridgehead atoms. The number of nitrogens with two attached hydrogens (primary N) is 1. The minimum Gasteiger partial charge on any atom is -0.378 e. The van der Waals surface area contributed by atoms with Crippen molar-refractivity contribution in [2.45, 2.75) is 19.9 Å². The number of hydrogen-bond donors (Lipinski definition) is 2. The summed E-state index contributed by atoms with van der Waals surface area (Å²) in [4.78, 5) is 10.8. The predicted molar refractivity (Wildman–Crippen MR) is 96.8 cm³/mol. The van der Waals surface area contributed by atoms with Crippen LogP contribution in [0.25, 0.3) is 0 Å². The smallest absolute Gasteiger partial charge is 0.188 e. The molecule has 0 aliphatic carbocycles. The van der Waals surface area contributed by atoms with Crippen LogP contribution in [0.1, 0.15) is 16.8 Å². The Hall–Kier alpha value is -2.56. The number of guanidine groups is 1. The highest BCUT2D eigenvalue weighted by Gasteiger charge is 2.02. The van der Waals surface area contributed by atoms with Gasteiger partial charge >= 0.3 is 0 Å². The van der Waals surface area contributed by atoms with Crippen molar-refractivity contribution in [2.75, 3.05) is 25.5 Å². The van der Waals surface area contributed by atoms with Crippen molar-refractivity contribution in [3.05, 3.63) is 59.4 Å². The number of benzene rings is 1. The van der Waals surface area contributed by atoms with E-state index in [1.54, 1.807) is 6.20 Å². The quantitative estimate of drug-likeness (QED) is 0.633. The molecule has 5 heteroatoms. The minimum atomic E-state index is 0.469. The van der Waals surface area contributed by atoms with Gasteiger partial charge in [0, 0.05) is 44.6 Å². The maximum Gasteiger partial charge on any atom is 0.188 e. The monoisotopic (exact) mass is 311 g/mol. The fourth-order valence-corrected chi connectivity index (χ4v) is 2.23. The molecule has 0 radical (unpaired) electrons. The third kappa shape index (κ3) is 5.29. The average Bonchev–Trinajstić information content (AvgIpc) is 2.54. The Morgan fingerprint density at radius 3 is 2.74 bits per heavy atom. The molecule has 1 heterocycles. The van der Waals surface area contributed by atoms with Crippen LogP contribution in [0.3, 0.4) is 0 Å². The van der Waals surface area contributed by atoms with E-state index >= 15 is 0 Å². The molecule has 0 spiro atoms. The summed E-state index contributed by atoms with van der Waals surface area (Å²) < 4.78 is 0. The van der Waals surface area contributed by atoms with Crippen LogP contribution in [0.15, 0.2) is 47.6 Å². The van der Waals surface area contributed by atoms with Crippen molar-refractivity contribution in [1.82, 2.24) is 10.3 Å². The minimum absolute atomic E-state index is 0.469. The number of aromatic nitrogens is 1. The molecule has 0 saturated heterocycles. The normalized spacial score (nSPS) is 11.3. The van der Waals surface area contributed by atoms with Gasteiger partial charge in [-0.2, -0.15) is 0 Å². The van der Waals surface area contributed by atoms with Crippen molar-refractivity contribution >= 4 is 11.6 Å². The maximum atomic E-state index is 5.92. The second-order valence-corrected chi connectivity index (χ2v) is 5.70. The molecule has 0 saturated carbocycles. The Morgan fingerprint density at radius 2 is 2.09 bits per heavy atom. The van der Waals surface area contributed by atoms with Crippen molar-refractivity contribution < 1.29 is 0 Å². The van der Waals surface area contributed by atoms with Crippen molar-refractivity contribution in [3.8, 4) is 0 Å². The maximum absolute atomic E-state index is 5.92. The van der Waals surface area contributed by atoms with Crippen LogP contribution in [-0.4, -0.2) is 31.6 Å². The number of aliphatic imine (C=N–C) groups is 1. The molecule has 3 N–H and O–H groups in total. The molecular weight excluding hydrogens is 286 g/mol. The standard InChI is InChI=1S/C18H25N5/c1-14-12-17(23(2)3)8-7-15(14)13-22-18(19)21-11-9-16-6-4-5-10-20-16/h4-8,10,12H,9,11,13H2,1-3H3,(H3,19,21,22). The molecule has 0 unspecified atom stereocenters. The van der Waals surface area contributed by atoms with Crippen LogP contribution in [0.5, 0.6) is 0 Å². The second-order valence-electron chi connectivity index (χ2n) is 5.70. The lowest BCUT2D eigenvalue weighted by Crippen LogP contribution is -2.33. The fourth-order valence-electron chi connectivity index (χ4n) is 2.23. The first kappa shape index (κ1) is 16.8. The molecule has 0 aliphatic rings. The van der Waals surface area contributed by atoms with Gasteiger partial charge in [-0.05, 0) is 42.3 Å². The predicted octanol–water partition coefficient (Wildman–Crippen LogP) is 2.10. The van der Waals surface area contributed by atoms with Gasteiger partial charge in [0.1, 0.15) is 0 Å². The van der Waals surface area contributed by atoms with E-state index in [1.807, 2.05) is 32.3 Å². The summed E-state index contributed by atoms with van der Waals surface area (Å²) >= 11 is 0. The zero-order valence-electron chi connectivity index (χ0n) is 14.1. The SMILES string of the molecule is Cc1cc(N(C)C)ccc1CN=C(N)NCCc1ccccn1. The van der Waals surface area contributed by atoms with E-state index < -0.39 is 0 Å². The fraction of sp³-hybridized carbons (Fsp3) is 0.333. The summed E-state index contributed by atoms with van der Waals surface area (Å²) in [6.07, 6.45) is 2.63. The largest absolute Gasteiger partial charge is 0.378 e. The van der Waals surface area contributed by atoms with Crippen LogP contribution < -0.4 is 16.0 Å². The summed E-state index contributed by atoms with van der Waals surface area (Å²) in [5.74, 6) is 0.469. The lowest BCUT2D eigenvalue weighted by Gasteiger charge is -2.14. The van der Waals surface area contributed by atoms with Gasteiger partial charge in [-0.1, -0.05) is 12.1 Å². The van der Waals surface area contributed by atoms with E-state index in [0.29, 0.717) is 12.5 Å². The zero-order valence-corrected chi connectivity index (χ0v) is 14.1. The highest BCUT2D eigenvalue weighted by atomic mass is 15.1. The van der Waals surface area contributed by atoms with Crippen molar-refractivity contribution in [2.24, 2.45) is 10.7 Å². The summed E-state index contributed by atoms with van der Waals surface area (Å²) in [6.45, 7) is 3.41. The average molecular weight is 311 g/mol. The molecule has 0 aliphatic heterocycles. The van der Waals surface area contributed by atoms with E-state index in [9.17, 15) is 0 Å². The zero-order chi connectivity index (χ0) is 16.7. The van der Waals surface area contributed by atoms with Crippen LogP contribution >= 0.6 is 0 Å². The summed E-state index contributed by atoms with van der Waals surface area (Å²) in [6, 6.07) is 12.3. The van der Waals surface area contributed by atoms with Gasteiger partial charge in [-0.15, -0.1) is 0 Å². The van der Waals surface area contributed by atoms with Gasteiger partial charge in [0.05, 0.1) is 6.54 Å². The van der Waals surface area contributed by atoms with Gasteiger partial charge < -0.3 is 16.0 Å². The highest BCUT2D eigenvalue weighted by molar-refractivity contribution is 5.77. The van der Waals surface area contributed by atoms with Crippen LogP contribution in [0, 0.1) is 6.92 Å². The van der Waals surface area contributed by atoms with E-state index in [4.69, 9.17) is 5.73 Å². The number of pyridine rings is 1. The molecule has 122 valence electrons. The van der Waals surface area contributed by atoms with E-state index in [2.05, 4.69) is 45.3 Å². The molecule has 2 aromatic rings. The van der Waals surface area contributed by atoms with Gasteiger partial charge in [0.15, 0.2) is 5.96 Å². The Kier molecular flexibility index (Phi) is 5.97. The number of nitrogens with zero attached hydrogens (tertiary/aromatic N) is 3. The molecule has 1 aromatic carbocycles. The third-order valence-corrected chi connectivity index (χ3v) is 3.68. The van der Waals surface area contributed by atoms with Gasteiger partial charge in [-0.3, -0.25) is 4.98 Å². The molecule has 0 atom stereocenters. The summed E-state index contributed by atoms with van der Waals surface area (Å²) in [5, 5.41) is 3.13. The van der Waals surface area contributed by atoms with E-state index in [-0.39, 0.29) is 0 Å². The molecule has 1 aromatic heterocycles. The first-order valence-corrected chi connectivity index (χ1v) is 7.77. The Labute approximate surface area is 138 Å². The summed E-state index contributed by atoms with van der Waals surface area (Å²) in [5.41, 5.74) is 10.6. The molecule has 2 rings (SSSR count). The third-order valence-electron chi connectivity index (χ3n) is 3.68. The molecule has 23 heavy (non-hydrogen) atoms. The van der Waals surface area contributed by atoms with E-state index in [1.165, 1.54) is 16.8 Å². The van der Waals surface area contributed by atoms with Crippen LogP contribution in [0.2, 0.25) is 0 Å². The van der Waals surface area contributed by atoms with Gasteiger partial charge in [0.2, 0.25) is 0 Å². The number of hydrogen-bond acceptors (Lipinski definition) is 3. The summed E-state index contributed by atoms with van der Waals surface area (Å²) in [7, 11) is 4.08. The number of nitrogens with one attached hydrogen (secondary N) is 1.